The zero-order valence-corrected chi connectivity index (χ0v) is 12.9. The number of hydrogen-bond donors (Lipinski definition) is 2. The number of alkyl carbamates (subject to hydrolysis) is 1. The highest BCUT2D eigenvalue weighted by Crippen LogP contribution is 2.21. The zero-order valence-electron chi connectivity index (χ0n) is 12.1. The molecule has 0 aliphatic heterocycles. The SMILES string of the molecule is CC(C)(C)OC(=O)NC1CCC(OCCN)CC1.Cl. The highest BCUT2D eigenvalue weighted by atomic mass is 35.5. The van der Waals surface area contributed by atoms with Crippen molar-refractivity contribution in [3.63, 3.8) is 0 Å². The van der Waals surface area contributed by atoms with Crippen LogP contribution in [-0.2, 0) is 9.47 Å². The topological polar surface area (TPSA) is 73.6 Å². The predicted octanol–water partition coefficient (Wildman–Crippen LogP) is 2.22. The van der Waals surface area contributed by atoms with Crippen LogP contribution in [0.2, 0.25) is 0 Å². The van der Waals surface area contributed by atoms with Gasteiger partial charge in [0.15, 0.2) is 0 Å². The summed E-state index contributed by atoms with van der Waals surface area (Å²) in [6.45, 7) is 6.78. The van der Waals surface area contributed by atoms with E-state index in [-0.39, 0.29) is 24.5 Å². The number of hydrogen-bond acceptors (Lipinski definition) is 4. The van der Waals surface area contributed by atoms with E-state index in [1.807, 2.05) is 20.8 Å². The molecule has 0 bridgehead atoms. The van der Waals surface area contributed by atoms with Gasteiger partial charge in [0.2, 0.25) is 0 Å². The maximum atomic E-state index is 11.6. The van der Waals surface area contributed by atoms with E-state index in [0.717, 1.165) is 25.7 Å². The van der Waals surface area contributed by atoms with Crippen LogP contribution >= 0.6 is 12.4 Å². The smallest absolute Gasteiger partial charge is 0.407 e. The van der Waals surface area contributed by atoms with E-state index in [4.69, 9.17) is 15.2 Å². The van der Waals surface area contributed by atoms with Crippen LogP contribution in [0, 0.1) is 0 Å². The molecule has 1 saturated carbocycles. The molecule has 1 rings (SSSR count). The van der Waals surface area contributed by atoms with Crippen LogP contribution in [0.4, 0.5) is 4.79 Å². The summed E-state index contributed by atoms with van der Waals surface area (Å²) in [6, 6.07) is 0.206. The highest BCUT2D eigenvalue weighted by molar-refractivity contribution is 5.85. The average Bonchev–Trinajstić information content (AvgIpc) is 2.25. The molecule has 0 radical (unpaired) electrons. The number of nitrogens with two attached hydrogens (primary N) is 1. The molecular weight excluding hydrogens is 268 g/mol. The molecular formula is C13H27ClN2O3. The molecule has 114 valence electrons. The Balaban J connectivity index is 0.00000324. The first-order valence-electron chi connectivity index (χ1n) is 6.72. The summed E-state index contributed by atoms with van der Waals surface area (Å²) in [5.41, 5.74) is 4.96. The van der Waals surface area contributed by atoms with Crippen molar-refractivity contribution in [2.75, 3.05) is 13.2 Å². The Kier molecular flexibility index (Phi) is 8.38. The van der Waals surface area contributed by atoms with Gasteiger partial charge in [-0.1, -0.05) is 0 Å². The van der Waals surface area contributed by atoms with Crippen molar-refractivity contribution in [1.82, 2.24) is 5.32 Å². The van der Waals surface area contributed by atoms with E-state index in [2.05, 4.69) is 5.32 Å². The van der Waals surface area contributed by atoms with Crippen LogP contribution in [0.25, 0.3) is 0 Å². The molecule has 0 aromatic carbocycles. The lowest BCUT2D eigenvalue weighted by Crippen LogP contribution is -2.42. The zero-order chi connectivity index (χ0) is 13.6. The third kappa shape index (κ3) is 8.29. The third-order valence-corrected chi connectivity index (χ3v) is 2.87. The molecule has 0 unspecified atom stereocenters. The minimum atomic E-state index is -0.439. The van der Waals surface area contributed by atoms with Gasteiger partial charge in [-0.05, 0) is 46.5 Å². The normalized spacial score (nSPS) is 23.4. The summed E-state index contributed by atoms with van der Waals surface area (Å²) in [5, 5.41) is 2.91. The largest absolute Gasteiger partial charge is 0.444 e. The minimum Gasteiger partial charge on any atom is -0.444 e. The van der Waals surface area contributed by atoms with Gasteiger partial charge in [-0.3, -0.25) is 0 Å². The van der Waals surface area contributed by atoms with E-state index in [0.29, 0.717) is 19.3 Å². The quantitative estimate of drug-likeness (QED) is 0.834. The fraction of sp³-hybridized carbons (Fsp3) is 0.923. The van der Waals surface area contributed by atoms with Crippen LogP contribution < -0.4 is 11.1 Å². The van der Waals surface area contributed by atoms with Crippen molar-refractivity contribution in [2.45, 2.75) is 64.2 Å². The highest BCUT2D eigenvalue weighted by Gasteiger charge is 2.24. The summed E-state index contributed by atoms with van der Waals surface area (Å²) in [5.74, 6) is 0. The van der Waals surface area contributed by atoms with Crippen LogP contribution in [-0.4, -0.2) is 37.0 Å². The Labute approximate surface area is 122 Å². The van der Waals surface area contributed by atoms with E-state index < -0.39 is 5.60 Å². The molecule has 1 fully saturated rings. The third-order valence-electron chi connectivity index (χ3n) is 2.87. The molecule has 0 aromatic rings. The molecule has 1 aliphatic rings. The Morgan fingerprint density at radius 1 is 1.26 bits per heavy atom. The maximum absolute atomic E-state index is 11.6. The molecule has 3 N–H and O–H groups in total. The molecule has 0 aromatic heterocycles. The van der Waals surface area contributed by atoms with Gasteiger partial charge in [-0.2, -0.15) is 0 Å². The number of rotatable bonds is 4. The standard InChI is InChI=1S/C13H26N2O3.ClH/c1-13(2,3)18-12(16)15-10-4-6-11(7-5-10)17-9-8-14;/h10-11H,4-9,14H2,1-3H3,(H,15,16);1H. The van der Waals surface area contributed by atoms with Gasteiger partial charge in [0.05, 0.1) is 12.7 Å². The van der Waals surface area contributed by atoms with Crippen LogP contribution in [0.1, 0.15) is 46.5 Å². The Bertz CT molecular complexity index is 261. The summed E-state index contributed by atoms with van der Waals surface area (Å²) in [6.07, 6.45) is 3.79. The monoisotopic (exact) mass is 294 g/mol. The first-order valence-corrected chi connectivity index (χ1v) is 6.72. The van der Waals surface area contributed by atoms with Crippen LogP contribution in [0.5, 0.6) is 0 Å². The van der Waals surface area contributed by atoms with Gasteiger partial charge in [0.25, 0.3) is 0 Å². The van der Waals surface area contributed by atoms with Gasteiger partial charge in [0, 0.05) is 12.6 Å². The van der Waals surface area contributed by atoms with Crippen LogP contribution in [0.15, 0.2) is 0 Å². The number of halogens is 1. The van der Waals surface area contributed by atoms with Crippen molar-refractivity contribution in [3.05, 3.63) is 0 Å². The van der Waals surface area contributed by atoms with Crippen LogP contribution in [0.3, 0.4) is 0 Å². The van der Waals surface area contributed by atoms with Gasteiger partial charge < -0.3 is 20.5 Å². The number of amides is 1. The molecule has 0 spiro atoms. The van der Waals surface area contributed by atoms with Gasteiger partial charge in [-0.25, -0.2) is 4.79 Å². The second kappa shape index (κ2) is 8.61. The molecule has 5 nitrogen and oxygen atoms in total. The summed E-state index contributed by atoms with van der Waals surface area (Å²) in [7, 11) is 0. The summed E-state index contributed by atoms with van der Waals surface area (Å²) < 4.78 is 10.8. The van der Waals surface area contributed by atoms with Crippen molar-refractivity contribution in [2.24, 2.45) is 5.73 Å². The summed E-state index contributed by atoms with van der Waals surface area (Å²) >= 11 is 0. The molecule has 0 atom stereocenters. The molecule has 0 heterocycles. The molecule has 6 heteroatoms. The molecule has 1 aliphatic carbocycles. The lowest BCUT2D eigenvalue weighted by atomic mass is 9.93. The first kappa shape index (κ1) is 18.5. The number of nitrogens with one attached hydrogen (secondary N) is 1. The molecule has 0 saturated heterocycles. The maximum Gasteiger partial charge on any atom is 0.407 e. The number of carbonyl (C=O) groups excluding carboxylic acids is 1. The first-order chi connectivity index (χ1) is 8.40. The predicted molar refractivity (Wildman–Crippen MR) is 77.7 cm³/mol. The molecule has 1 amide bonds. The molecule has 19 heavy (non-hydrogen) atoms. The van der Waals surface area contributed by atoms with Crippen molar-refractivity contribution < 1.29 is 14.3 Å². The van der Waals surface area contributed by atoms with Crippen molar-refractivity contribution in [3.8, 4) is 0 Å². The van der Waals surface area contributed by atoms with E-state index in [9.17, 15) is 4.79 Å². The lowest BCUT2D eigenvalue weighted by Gasteiger charge is -2.30. The lowest BCUT2D eigenvalue weighted by molar-refractivity contribution is 0.0216. The van der Waals surface area contributed by atoms with Crippen molar-refractivity contribution >= 4 is 18.5 Å². The van der Waals surface area contributed by atoms with Gasteiger partial charge in [-0.15, -0.1) is 12.4 Å². The van der Waals surface area contributed by atoms with Crippen molar-refractivity contribution in [1.29, 1.82) is 0 Å². The number of carbonyl (C=O) groups is 1. The average molecular weight is 295 g/mol. The van der Waals surface area contributed by atoms with Gasteiger partial charge in [0.1, 0.15) is 5.60 Å². The fourth-order valence-electron chi connectivity index (χ4n) is 2.08. The Hall–Kier alpha value is -0.520. The number of ether oxygens (including phenoxy) is 2. The fourth-order valence-corrected chi connectivity index (χ4v) is 2.08. The van der Waals surface area contributed by atoms with E-state index >= 15 is 0 Å². The summed E-state index contributed by atoms with van der Waals surface area (Å²) in [4.78, 5) is 11.6. The Morgan fingerprint density at radius 2 is 1.84 bits per heavy atom. The second-order valence-electron chi connectivity index (χ2n) is 5.78. The minimum absolute atomic E-state index is 0. The van der Waals surface area contributed by atoms with E-state index in [1.54, 1.807) is 0 Å². The Morgan fingerprint density at radius 3 is 2.32 bits per heavy atom. The van der Waals surface area contributed by atoms with E-state index in [1.165, 1.54) is 0 Å². The second-order valence-corrected chi connectivity index (χ2v) is 5.78. The van der Waals surface area contributed by atoms with Gasteiger partial charge >= 0.3 is 6.09 Å².